The maximum atomic E-state index is 12.8. The molecule has 0 aromatic carbocycles. The molecule has 0 amide bonds. The molecule has 386 valence electrons. The Morgan fingerprint density at radius 3 is 0.800 bits per heavy atom. The summed E-state index contributed by atoms with van der Waals surface area (Å²) < 4.78 is 16.8. The van der Waals surface area contributed by atoms with Crippen molar-refractivity contribution in [2.24, 2.45) is 17.8 Å². The Morgan fingerprint density at radius 2 is 0.538 bits per heavy atom. The highest BCUT2D eigenvalue weighted by molar-refractivity contribution is 5.71. The summed E-state index contributed by atoms with van der Waals surface area (Å²) in [6.45, 7) is 13.7. The summed E-state index contributed by atoms with van der Waals surface area (Å²) in [5.74, 6) is 1.66. The van der Waals surface area contributed by atoms with Crippen molar-refractivity contribution in [3.05, 3.63) is 0 Å². The van der Waals surface area contributed by atoms with Gasteiger partial charge in [-0.3, -0.25) is 14.4 Å². The van der Waals surface area contributed by atoms with E-state index >= 15 is 0 Å². The minimum atomic E-state index is -0.764. The van der Waals surface area contributed by atoms with E-state index in [1.54, 1.807) is 0 Å². The van der Waals surface area contributed by atoms with Crippen LogP contribution in [-0.2, 0) is 28.6 Å². The summed E-state index contributed by atoms with van der Waals surface area (Å²) in [7, 11) is 0. The van der Waals surface area contributed by atoms with Gasteiger partial charge in [-0.05, 0) is 37.0 Å². The van der Waals surface area contributed by atoms with E-state index in [1.165, 1.54) is 205 Å². The molecule has 0 fully saturated rings. The van der Waals surface area contributed by atoms with Crippen molar-refractivity contribution in [3.63, 3.8) is 0 Å². The fourth-order valence-corrected chi connectivity index (χ4v) is 8.97. The van der Waals surface area contributed by atoms with E-state index < -0.39 is 6.10 Å². The standard InChI is InChI=1S/C59H114O6/c1-7-55(6)47-41-35-28-24-20-16-12-10-8-9-11-13-17-21-25-29-36-42-48-57(60)63-51-56(65-59(62)50-44-38-32-31-34-40-46-54(4)5)52-64-58(61)49-43-37-30-26-22-18-14-15-19-23-27-33-39-45-53(2)3/h53-56H,7-52H2,1-6H3/t55?,56-/m1/s1. The fraction of sp³-hybridized carbons (Fsp3) is 0.949. The largest absolute Gasteiger partial charge is 0.462 e. The second-order valence-electron chi connectivity index (χ2n) is 21.5. The molecule has 0 N–H and O–H groups in total. The highest BCUT2D eigenvalue weighted by atomic mass is 16.6. The first-order valence-electron chi connectivity index (χ1n) is 29.1. The van der Waals surface area contributed by atoms with Gasteiger partial charge in [-0.25, -0.2) is 0 Å². The van der Waals surface area contributed by atoms with Gasteiger partial charge in [0.05, 0.1) is 0 Å². The molecule has 2 atom stereocenters. The normalized spacial score (nSPS) is 12.6. The lowest BCUT2D eigenvalue weighted by atomic mass is 9.99. The Kier molecular flexibility index (Phi) is 49.1. The molecule has 0 saturated heterocycles. The molecule has 0 aliphatic heterocycles. The van der Waals surface area contributed by atoms with E-state index in [-0.39, 0.29) is 31.1 Å². The maximum absolute atomic E-state index is 12.8. The lowest BCUT2D eigenvalue weighted by Gasteiger charge is -2.18. The Labute approximate surface area is 406 Å². The number of hydrogen-bond donors (Lipinski definition) is 0. The molecular weight excluding hydrogens is 805 g/mol. The monoisotopic (exact) mass is 919 g/mol. The van der Waals surface area contributed by atoms with Crippen molar-refractivity contribution >= 4 is 17.9 Å². The number of carbonyl (C=O) groups excluding carboxylic acids is 3. The summed E-state index contributed by atoms with van der Waals surface area (Å²) in [6, 6.07) is 0. The zero-order valence-electron chi connectivity index (χ0n) is 44.8. The van der Waals surface area contributed by atoms with Crippen LogP contribution in [0.3, 0.4) is 0 Å². The van der Waals surface area contributed by atoms with Gasteiger partial charge in [0.15, 0.2) is 6.10 Å². The Morgan fingerprint density at radius 1 is 0.308 bits per heavy atom. The van der Waals surface area contributed by atoms with Gasteiger partial charge in [-0.1, -0.05) is 286 Å². The van der Waals surface area contributed by atoms with Crippen molar-refractivity contribution in [3.8, 4) is 0 Å². The average Bonchev–Trinajstić information content (AvgIpc) is 3.28. The van der Waals surface area contributed by atoms with Crippen LogP contribution in [0, 0.1) is 17.8 Å². The second-order valence-corrected chi connectivity index (χ2v) is 21.5. The van der Waals surface area contributed by atoms with Gasteiger partial charge in [0.25, 0.3) is 0 Å². The van der Waals surface area contributed by atoms with Crippen LogP contribution >= 0.6 is 0 Å². The molecule has 0 radical (unpaired) electrons. The average molecular weight is 920 g/mol. The van der Waals surface area contributed by atoms with Crippen molar-refractivity contribution < 1.29 is 28.6 Å². The molecule has 0 aliphatic rings. The van der Waals surface area contributed by atoms with Crippen LogP contribution in [0.25, 0.3) is 0 Å². The predicted octanol–water partition coefficient (Wildman–Crippen LogP) is 19.1. The maximum Gasteiger partial charge on any atom is 0.306 e. The lowest BCUT2D eigenvalue weighted by Crippen LogP contribution is -2.30. The van der Waals surface area contributed by atoms with E-state index in [0.717, 1.165) is 75.5 Å². The third-order valence-electron chi connectivity index (χ3n) is 13.8. The number of rotatable bonds is 52. The van der Waals surface area contributed by atoms with E-state index in [1.807, 2.05) is 0 Å². The SMILES string of the molecule is CCC(C)CCCCCCCCCCCCCCCCCCCCC(=O)OC[C@H](COC(=O)CCCCCCCCCCCCCCCC(C)C)OC(=O)CCCCCCCCC(C)C. The van der Waals surface area contributed by atoms with E-state index in [9.17, 15) is 14.4 Å². The van der Waals surface area contributed by atoms with Gasteiger partial charge >= 0.3 is 17.9 Å². The number of hydrogen-bond acceptors (Lipinski definition) is 6. The molecule has 0 aromatic heterocycles. The smallest absolute Gasteiger partial charge is 0.306 e. The first-order valence-corrected chi connectivity index (χ1v) is 29.1. The molecule has 1 unspecified atom stereocenters. The molecule has 0 saturated carbocycles. The molecule has 0 bridgehead atoms. The fourth-order valence-electron chi connectivity index (χ4n) is 8.97. The molecule has 0 rings (SSSR count). The van der Waals surface area contributed by atoms with Crippen LogP contribution < -0.4 is 0 Å². The zero-order chi connectivity index (χ0) is 47.7. The van der Waals surface area contributed by atoms with Crippen LogP contribution in [0.15, 0.2) is 0 Å². The Balaban J connectivity index is 4.15. The third-order valence-corrected chi connectivity index (χ3v) is 13.8. The Hall–Kier alpha value is -1.59. The van der Waals surface area contributed by atoms with Gasteiger partial charge in [-0.15, -0.1) is 0 Å². The van der Waals surface area contributed by atoms with Crippen LogP contribution in [0.2, 0.25) is 0 Å². The summed E-state index contributed by atoms with van der Waals surface area (Å²) in [5, 5.41) is 0. The molecular formula is C59H114O6. The van der Waals surface area contributed by atoms with Crippen molar-refractivity contribution in [1.82, 2.24) is 0 Å². The van der Waals surface area contributed by atoms with Gasteiger partial charge in [-0.2, -0.15) is 0 Å². The molecule has 0 heterocycles. The summed E-state index contributed by atoms with van der Waals surface area (Å²) in [4.78, 5) is 38.0. The molecule has 6 nitrogen and oxygen atoms in total. The highest BCUT2D eigenvalue weighted by Gasteiger charge is 2.19. The van der Waals surface area contributed by atoms with Crippen molar-refractivity contribution in [2.75, 3.05) is 13.2 Å². The van der Waals surface area contributed by atoms with Crippen LogP contribution in [0.1, 0.15) is 324 Å². The molecule has 6 heteroatoms. The minimum absolute atomic E-state index is 0.0647. The van der Waals surface area contributed by atoms with E-state index in [4.69, 9.17) is 14.2 Å². The quantitative estimate of drug-likeness (QED) is 0.0344. The molecule has 65 heavy (non-hydrogen) atoms. The topological polar surface area (TPSA) is 78.9 Å². The zero-order valence-corrected chi connectivity index (χ0v) is 44.8. The van der Waals surface area contributed by atoms with Gasteiger partial charge in [0.1, 0.15) is 13.2 Å². The number of unbranched alkanes of at least 4 members (excludes halogenated alkanes) is 34. The first-order chi connectivity index (χ1) is 31.6. The lowest BCUT2D eigenvalue weighted by molar-refractivity contribution is -0.167. The number of esters is 3. The predicted molar refractivity (Wildman–Crippen MR) is 279 cm³/mol. The summed E-state index contributed by atoms with van der Waals surface area (Å²) in [5.41, 5.74) is 0. The van der Waals surface area contributed by atoms with Crippen LogP contribution in [-0.4, -0.2) is 37.2 Å². The van der Waals surface area contributed by atoms with Gasteiger partial charge < -0.3 is 14.2 Å². The molecule has 0 spiro atoms. The minimum Gasteiger partial charge on any atom is -0.462 e. The second kappa shape index (κ2) is 50.3. The summed E-state index contributed by atoms with van der Waals surface area (Å²) in [6.07, 6.45) is 52.6. The number of carbonyl (C=O) groups is 3. The van der Waals surface area contributed by atoms with Gasteiger partial charge in [0, 0.05) is 19.3 Å². The highest BCUT2D eigenvalue weighted by Crippen LogP contribution is 2.19. The van der Waals surface area contributed by atoms with E-state index in [0.29, 0.717) is 19.3 Å². The molecule has 0 aromatic rings. The summed E-state index contributed by atoms with van der Waals surface area (Å²) >= 11 is 0. The molecule has 0 aliphatic carbocycles. The van der Waals surface area contributed by atoms with Crippen LogP contribution in [0.5, 0.6) is 0 Å². The van der Waals surface area contributed by atoms with E-state index in [2.05, 4.69) is 41.5 Å². The third kappa shape index (κ3) is 51.6. The number of ether oxygens (including phenoxy) is 3. The van der Waals surface area contributed by atoms with Gasteiger partial charge in [0.2, 0.25) is 0 Å². The first kappa shape index (κ1) is 63.4. The Bertz CT molecular complexity index is 1010. The van der Waals surface area contributed by atoms with Crippen LogP contribution in [0.4, 0.5) is 0 Å². The van der Waals surface area contributed by atoms with Crippen molar-refractivity contribution in [1.29, 1.82) is 0 Å². The van der Waals surface area contributed by atoms with Crippen molar-refractivity contribution in [2.45, 2.75) is 330 Å².